The Balaban J connectivity index is 2.00. The summed E-state index contributed by atoms with van der Waals surface area (Å²) < 4.78 is 0.897. The van der Waals surface area contributed by atoms with E-state index in [0.717, 1.165) is 9.26 Å². The molecule has 1 heterocycles. The van der Waals surface area contributed by atoms with Crippen molar-refractivity contribution in [3.63, 3.8) is 0 Å². The quantitative estimate of drug-likeness (QED) is 0.777. The molecule has 0 bridgehead atoms. The Kier molecular flexibility index (Phi) is 4.45. The van der Waals surface area contributed by atoms with Crippen LogP contribution in [0.3, 0.4) is 0 Å². The standard InChI is InChI=1S/C12H12ClIN2O2/c13-8-2-3-10(9(14)5-8)16-12(18)7-1-4-11(17)15-6-7/h2-3,5,7H,1,4,6H2,(H,15,17)(H,16,18). The number of rotatable bonds is 2. The van der Waals surface area contributed by atoms with Gasteiger partial charge in [0.1, 0.15) is 0 Å². The highest BCUT2D eigenvalue weighted by Gasteiger charge is 2.24. The highest BCUT2D eigenvalue weighted by atomic mass is 127. The van der Waals surface area contributed by atoms with Crippen LogP contribution in [-0.2, 0) is 9.59 Å². The summed E-state index contributed by atoms with van der Waals surface area (Å²) in [7, 11) is 0. The van der Waals surface area contributed by atoms with E-state index in [2.05, 4.69) is 33.2 Å². The average molecular weight is 379 g/mol. The lowest BCUT2D eigenvalue weighted by molar-refractivity contribution is -0.126. The molecule has 0 aromatic heterocycles. The minimum atomic E-state index is -0.158. The van der Waals surface area contributed by atoms with Gasteiger partial charge in [-0.25, -0.2) is 0 Å². The van der Waals surface area contributed by atoms with Gasteiger partial charge in [0.15, 0.2) is 0 Å². The molecule has 0 aliphatic carbocycles. The molecule has 2 N–H and O–H groups in total. The lowest BCUT2D eigenvalue weighted by Crippen LogP contribution is -2.40. The molecule has 2 amide bonds. The molecule has 0 saturated carbocycles. The predicted molar refractivity (Wildman–Crippen MR) is 78.5 cm³/mol. The SMILES string of the molecule is O=C1CCC(C(=O)Nc2ccc(Cl)cc2I)CN1. The summed E-state index contributed by atoms with van der Waals surface area (Å²) >= 11 is 7.98. The van der Waals surface area contributed by atoms with Crippen molar-refractivity contribution in [2.24, 2.45) is 5.92 Å². The van der Waals surface area contributed by atoms with E-state index in [9.17, 15) is 9.59 Å². The number of carbonyl (C=O) groups excluding carboxylic acids is 2. The van der Waals surface area contributed by atoms with Crippen LogP contribution in [0.25, 0.3) is 0 Å². The number of piperidine rings is 1. The molecule has 6 heteroatoms. The number of hydrogen-bond donors (Lipinski definition) is 2. The van der Waals surface area contributed by atoms with Crippen LogP contribution in [0.1, 0.15) is 12.8 Å². The van der Waals surface area contributed by atoms with Gasteiger partial charge in [-0.15, -0.1) is 0 Å². The van der Waals surface area contributed by atoms with Gasteiger partial charge in [0.25, 0.3) is 0 Å². The van der Waals surface area contributed by atoms with E-state index in [-0.39, 0.29) is 17.7 Å². The maximum absolute atomic E-state index is 12.0. The van der Waals surface area contributed by atoms with Crippen LogP contribution < -0.4 is 10.6 Å². The van der Waals surface area contributed by atoms with E-state index < -0.39 is 0 Å². The Morgan fingerprint density at radius 1 is 1.50 bits per heavy atom. The third kappa shape index (κ3) is 3.35. The fourth-order valence-corrected chi connectivity index (χ4v) is 2.79. The molecule has 4 nitrogen and oxygen atoms in total. The smallest absolute Gasteiger partial charge is 0.229 e. The Hall–Kier alpha value is -0.820. The first-order valence-electron chi connectivity index (χ1n) is 5.59. The molecule has 1 atom stereocenters. The van der Waals surface area contributed by atoms with Gasteiger partial charge in [0.2, 0.25) is 11.8 Å². The topological polar surface area (TPSA) is 58.2 Å². The molecule has 1 aliphatic heterocycles. The molecule has 1 aromatic carbocycles. The van der Waals surface area contributed by atoms with Gasteiger partial charge >= 0.3 is 0 Å². The van der Waals surface area contributed by atoms with Crippen molar-refractivity contribution in [1.29, 1.82) is 0 Å². The van der Waals surface area contributed by atoms with Crippen LogP contribution in [0.15, 0.2) is 18.2 Å². The number of halogens is 2. The van der Waals surface area contributed by atoms with E-state index in [0.29, 0.717) is 24.4 Å². The maximum Gasteiger partial charge on any atom is 0.229 e. The van der Waals surface area contributed by atoms with Gasteiger partial charge in [0.05, 0.1) is 11.6 Å². The Labute approximate surface area is 124 Å². The zero-order valence-corrected chi connectivity index (χ0v) is 12.4. The molecule has 2 rings (SSSR count). The number of anilines is 1. The van der Waals surface area contributed by atoms with E-state index in [4.69, 9.17) is 11.6 Å². The molecular formula is C12H12ClIN2O2. The van der Waals surface area contributed by atoms with E-state index >= 15 is 0 Å². The van der Waals surface area contributed by atoms with E-state index in [1.165, 1.54) is 0 Å². The second-order valence-electron chi connectivity index (χ2n) is 4.15. The molecular weight excluding hydrogens is 367 g/mol. The number of benzene rings is 1. The monoisotopic (exact) mass is 378 g/mol. The molecule has 1 fully saturated rings. The van der Waals surface area contributed by atoms with Crippen molar-refractivity contribution in [3.8, 4) is 0 Å². The molecule has 1 saturated heterocycles. The van der Waals surface area contributed by atoms with Gasteiger partial charge < -0.3 is 10.6 Å². The van der Waals surface area contributed by atoms with Gasteiger partial charge in [-0.1, -0.05) is 11.6 Å². The van der Waals surface area contributed by atoms with E-state index in [1.54, 1.807) is 18.2 Å². The second-order valence-corrected chi connectivity index (χ2v) is 5.75. The molecule has 1 unspecified atom stereocenters. The van der Waals surface area contributed by atoms with Gasteiger partial charge in [-0.2, -0.15) is 0 Å². The third-order valence-electron chi connectivity index (χ3n) is 2.83. The number of amides is 2. The fraction of sp³-hybridized carbons (Fsp3) is 0.333. The van der Waals surface area contributed by atoms with Gasteiger partial charge in [0, 0.05) is 21.6 Å². The predicted octanol–water partition coefficient (Wildman–Crippen LogP) is 2.41. The summed E-state index contributed by atoms with van der Waals surface area (Å²) in [5.74, 6) is -0.204. The molecule has 1 aromatic rings. The second kappa shape index (κ2) is 5.88. The first-order valence-corrected chi connectivity index (χ1v) is 7.04. The minimum absolute atomic E-state index is 0.0140. The average Bonchev–Trinajstić information content (AvgIpc) is 2.33. The van der Waals surface area contributed by atoms with Gasteiger partial charge in [-0.05, 0) is 47.2 Å². The van der Waals surface area contributed by atoms with Crippen molar-refractivity contribution < 1.29 is 9.59 Å². The summed E-state index contributed by atoms with van der Waals surface area (Å²) in [6.45, 7) is 0.412. The Morgan fingerprint density at radius 3 is 2.89 bits per heavy atom. The van der Waals surface area contributed by atoms with E-state index in [1.807, 2.05) is 0 Å². The molecule has 18 heavy (non-hydrogen) atoms. The van der Waals surface area contributed by atoms with Crippen molar-refractivity contribution in [1.82, 2.24) is 5.32 Å². The summed E-state index contributed by atoms with van der Waals surface area (Å²) in [6.07, 6.45) is 1.01. The van der Waals surface area contributed by atoms with Crippen molar-refractivity contribution in [2.45, 2.75) is 12.8 Å². The highest BCUT2D eigenvalue weighted by Crippen LogP contribution is 2.23. The summed E-state index contributed by atoms with van der Waals surface area (Å²) in [5, 5.41) is 6.21. The van der Waals surface area contributed by atoms with Crippen molar-refractivity contribution in [2.75, 3.05) is 11.9 Å². The molecule has 1 aliphatic rings. The number of hydrogen-bond acceptors (Lipinski definition) is 2. The highest BCUT2D eigenvalue weighted by molar-refractivity contribution is 14.1. The molecule has 0 spiro atoms. The number of nitrogens with one attached hydrogen (secondary N) is 2. The van der Waals surface area contributed by atoms with Crippen LogP contribution in [0.5, 0.6) is 0 Å². The molecule has 0 radical (unpaired) electrons. The molecule has 96 valence electrons. The number of carbonyl (C=O) groups is 2. The third-order valence-corrected chi connectivity index (χ3v) is 3.95. The van der Waals surface area contributed by atoms with Crippen LogP contribution in [0, 0.1) is 9.49 Å². The lowest BCUT2D eigenvalue weighted by Gasteiger charge is -2.21. The first kappa shape index (κ1) is 13.6. The van der Waals surface area contributed by atoms with Crippen LogP contribution in [0.2, 0.25) is 5.02 Å². The van der Waals surface area contributed by atoms with Crippen LogP contribution in [0.4, 0.5) is 5.69 Å². The van der Waals surface area contributed by atoms with Crippen molar-refractivity contribution in [3.05, 3.63) is 26.8 Å². The van der Waals surface area contributed by atoms with Crippen LogP contribution in [-0.4, -0.2) is 18.4 Å². The zero-order chi connectivity index (χ0) is 13.1. The minimum Gasteiger partial charge on any atom is -0.355 e. The first-order chi connectivity index (χ1) is 8.56. The van der Waals surface area contributed by atoms with Crippen LogP contribution >= 0.6 is 34.2 Å². The maximum atomic E-state index is 12.0. The Bertz CT molecular complexity index is 483. The summed E-state index contributed by atoms with van der Waals surface area (Å²) in [5.41, 5.74) is 0.752. The largest absolute Gasteiger partial charge is 0.355 e. The normalized spacial score (nSPS) is 19.2. The summed E-state index contributed by atoms with van der Waals surface area (Å²) in [6, 6.07) is 5.31. The zero-order valence-electron chi connectivity index (χ0n) is 9.50. The fourth-order valence-electron chi connectivity index (χ4n) is 1.78. The summed E-state index contributed by atoms with van der Waals surface area (Å²) in [4.78, 5) is 23.0. The Morgan fingerprint density at radius 2 is 2.28 bits per heavy atom. The lowest BCUT2D eigenvalue weighted by atomic mass is 9.98. The van der Waals surface area contributed by atoms with Crippen molar-refractivity contribution >= 4 is 51.7 Å². The van der Waals surface area contributed by atoms with Gasteiger partial charge in [-0.3, -0.25) is 9.59 Å².